The van der Waals surface area contributed by atoms with E-state index in [1.165, 1.54) is 36.1 Å². The van der Waals surface area contributed by atoms with Crippen LogP contribution in [0.15, 0.2) is 38.8 Å². The van der Waals surface area contributed by atoms with Crippen molar-refractivity contribution in [3.05, 3.63) is 29.8 Å². The van der Waals surface area contributed by atoms with E-state index in [0.717, 1.165) is 10.1 Å². The Morgan fingerprint density at radius 3 is 2.79 bits per heavy atom. The van der Waals surface area contributed by atoms with Gasteiger partial charge in [0.05, 0.1) is 16.9 Å². The summed E-state index contributed by atoms with van der Waals surface area (Å²) in [6.45, 7) is 3.37. The number of rotatable bonds is 6. The second-order valence-corrected chi connectivity index (χ2v) is 8.02. The van der Waals surface area contributed by atoms with E-state index in [9.17, 15) is 14.7 Å². The molecule has 3 aromatic rings. The van der Waals surface area contributed by atoms with Crippen molar-refractivity contribution in [1.29, 1.82) is 0 Å². The number of carbonyl (C=O) groups is 2. The number of nitrogens with zero attached hydrogens (tertiary/aromatic N) is 4. The first-order valence-corrected chi connectivity index (χ1v) is 9.95. The highest BCUT2D eigenvalue weighted by Crippen LogP contribution is 2.41. The SMILES string of the molecule is CCSc1nnc(/N=N/c2cc(C(N)=O)c(O)c3cccc(NC(C)=O)c23)s1. The van der Waals surface area contributed by atoms with Gasteiger partial charge in [-0.15, -0.1) is 20.4 Å². The molecule has 0 aliphatic heterocycles. The van der Waals surface area contributed by atoms with E-state index in [-0.39, 0.29) is 22.9 Å². The molecule has 0 radical (unpaired) electrons. The number of hydrogen-bond acceptors (Lipinski definition) is 9. The van der Waals surface area contributed by atoms with Gasteiger partial charge in [-0.05, 0) is 17.9 Å². The number of hydrogen-bond donors (Lipinski definition) is 3. The maximum atomic E-state index is 11.7. The summed E-state index contributed by atoms with van der Waals surface area (Å²) in [5, 5.41) is 30.4. The van der Waals surface area contributed by atoms with Gasteiger partial charge in [0.15, 0.2) is 4.34 Å². The third-order valence-electron chi connectivity index (χ3n) is 3.59. The number of fused-ring (bicyclic) bond motifs is 1. The zero-order chi connectivity index (χ0) is 20.3. The molecule has 0 atom stereocenters. The minimum Gasteiger partial charge on any atom is -0.506 e. The summed E-state index contributed by atoms with van der Waals surface area (Å²) >= 11 is 2.82. The third kappa shape index (κ3) is 4.10. The lowest BCUT2D eigenvalue weighted by atomic mass is 10.0. The van der Waals surface area contributed by atoms with E-state index in [1.807, 2.05) is 6.92 Å². The Morgan fingerprint density at radius 1 is 1.32 bits per heavy atom. The molecule has 0 aliphatic carbocycles. The molecule has 0 bridgehead atoms. The van der Waals surface area contributed by atoms with Gasteiger partial charge >= 0.3 is 0 Å². The second-order valence-electron chi connectivity index (χ2n) is 5.55. The van der Waals surface area contributed by atoms with Crippen LogP contribution in [0.3, 0.4) is 0 Å². The predicted molar refractivity (Wildman–Crippen MR) is 109 cm³/mol. The highest BCUT2D eigenvalue weighted by atomic mass is 32.2. The Hall–Kier alpha value is -3.05. The molecule has 144 valence electrons. The average molecular weight is 416 g/mol. The number of anilines is 1. The van der Waals surface area contributed by atoms with E-state index >= 15 is 0 Å². The summed E-state index contributed by atoms with van der Waals surface area (Å²) < 4.78 is 0.767. The van der Waals surface area contributed by atoms with Crippen molar-refractivity contribution in [2.24, 2.45) is 16.0 Å². The maximum Gasteiger partial charge on any atom is 0.252 e. The zero-order valence-corrected chi connectivity index (χ0v) is 16.6. The van der Waals surface area contributed by atoms with Gasteiger partial charge in [0.25, 0.3) is 11.0 Å². The number of thioether (sulfide) groups is 1. The summed E-state index contributed by atoms with van der Waals surface area (Å²) in [6, 6.07) is 6.23. The number of primary amides is 1. The van der Waals surface area contributed by atoms with Crippen molar-refractivity contribution in [1.82, 2.24) is 10.2 Å². The quantitative estimate of drug-likeness (QED) is 0.410. The molecule has 4 N–H and O–H groups in total. The van der Waals surface area contributed by atoms with Gasteiger partial charge in [-0.1, -0.05) is 42.2 Å². The number of azo groups is 1. The highest BCUT2D eigenvalue weighted by molar-refractivity contribution is 8.01. The Morgan fingerprint density at radius 2 is 2.11 bits per heavy atom. The lowest BCUT2D eigenvalue weighted by Gasteiger charge is -2.12. The Bertz CT molecular complexity index is 1100. The maximum absolute atomic E-state index is 11.7. The van der Waals surface area contributed by atoms with Crippen LogP contribution in [-0.2, 0) is 4.79 Å². The predicted octanol–water partition coefficient (Wildman–Crippen LogP) is 3.98. The van der Waals surface area contributed by atoms with Gasteiger partial charge in [-0.2, -0.15) is 0 Å². The van der Waals surface area contributed by atoms with E-state index in [4.69, 9.17) is 5.73 Å². The molecule has 0 aliphatic rings. The van der Waals surface area contributed by atoms with Crippen LogP contribution in [0.5, 0.6) is 5.75 Å². The first kappa shape index (κ1) is 19.7. The average Bonchev–Trinajstić information content (AvgIpc) is 3.08. The van der Waals surface area contributed by atoms with Crippen molar-refractivity contribution in [2.45, 2.75) is 18.2 Å². The van der Waals surface area contributed by atoms with Crippen LogP contribution in [0.2, 0.25) is 0 Å². The van der Waals surface area contributed by atoms with Crippen LogP contribution in [-0.4, -0.2) is 32.9 Å². The first-order chi connectivity index (χ1) is 13.4. The number of benzene rings is 2. The normalized spacial score (nSPS) is 11.2. The number of aromatic hydroxyl groups is 1. The van der Waals surface area contributed by atoms with Gasteiger partial charge in [-0.3, -0.25) is 9.59 Å². The fraction of sp³-hybridized carbons (Fsp3) is 0.176. The number of carbonyl (C=O) groups excluding carboxylic acids is 2. The van der Waals surface area contributed by atoms with Crippen LogP contribution in [0.25, 0.3) is 10.8 Å². The van der Waals surface area contributed by atoms with E-state index in [0.29, 0.717) is 21.6 Å². The molecule has 1 aromatic heterocycles. The molecule has 2 aromatic carbocycles. The minimum absolute atomic E-state index is 0.0964. The summed E-state index contributed by atoms with van der Waals surface area (Å²) in [5.74, 6) is -0.528. The molecular formula is C17H16N6O3S2. The van der Waals surface area contributed by atoms with Crippen LogP contribution in [0.4, 0.5) is 16.5 Å². The molecule has 1 heterocycles. The van der Waals surface area contributed by atoms with Crippen LogP contribution in [0, 0.1) is 0 Å². The fourth-order valence-corrected chi connectivity index (χ4v) is 4.09. The molecule has 2 amide bonds. The van der Waals surface area contributed by atoms with E-state index < -0.39 is 5.91 Å². The zero-order valence-electron chi connectivity index (χ0n) is 15.0. The molecule has 0 saturated carbocycles. The largest absolute Gasteiger partial charge is 0.506 e. The summed E-state index contributed by atoms with van der Waals surface area (Å²) in [6.07, 6.45) is 0. The van der Waals surface area contributed by atoms with Crippen molar-refractivity contribution in [3.63, 3.8) is 0 Å². The van der Waals surface area contributed by atoms with Crippen LogP contribution in [0.1, 0.15) is 24.2 Å². The Labute approximate surface area is 168 Å². The molecule has 0 saturated heterocycles. The van der Waals surface area contributed by atoms with Gasteiger partial charge < -0.3 is 16.2 Å². The molecule has 3 rings (SSSR count). The van der Waals surface area contributed by atoms with Gasteiger partial charge in [0.1, 0.15) is 5.75 Å². The fourth-order valence-electron chi connectivity index (χ4n) is 2.53. The van der Waals surface area contributed by atoms with Gasteiger partial charge in [0, 0.05) is 17.7 Å². The highest BCUT2D eigenvalue weighted by Gasteiger charge is 2.18. The second kappa shape index (κ2) is 8.31. The Kier molecular flexibility index (Phi) is 5.85. The number of phenols is 1. The Balaban J connectivity index is 2.17. The molecule has 0 spiro atoms. The molecule has 0 fully saturated rings. The number of amides is 2. The summed E-state index contributed by atoms with van der Waals surface area (Å²) in [7, 11) is 0. The minimum atomic E-state index is -0.807. The summed E-state index contributed by atoms with van der Waals surface area (Å²) in [4.78, 5) is 23.3. The smallest absolute Gasteiger partial charge is 0.252 e. The number of aromatic nitrogens is 2. The van der Waals surface area contributed by atoms with Gasteiger partial charge in [-0.25, -0.2) is 0 Å². The molecule has 9 nitrogen and oxygen atoms in total. The first-order valence-electron chi connectivity index (χ1n) is 8.14. The van der Waals surface area contributed by atoms with Crippen LogP contribution >= 0.6 is 23.1 Å². The molecule has 28 heavy (non-hydrogen) atoms. The van der Waals surface area contributed by atoms with E-state index in [1.54, 1.807) is 18.2 Å². The van der Waals surface area contributed by atoms with Crippen molar-refractivity contribution < 1.29 is 14.7 Å². The van der Waals surface area contributed by atoms with Crippen molar-refractivity contribution >= 4 is 62.2 Å². The number of nitrogens with two attached hydrogens (primary N) is 1. The molecule has 0 unspecified atom stereocenters. The number of nitrogens with one attached hydrogen (secondary N) is 1. The molecule has 11 heteroatoms. The summed E-state index contributed by atoms with van der Waals surface area (Å²) in [5.41, 5.74) is 5.95. The molecular weight excluding hydrogens is 400 g/mol. The monoisotopic (exact) mass is 416 g/mol. The topological polar surface area (TPSA) is 143 Å². The van der Waals surface area contributed by atoms with Crippen LogP contribution < -0.4 is 11.1 Å². The lowest BCUT2D eigenvalue weighted by molar-refractivity contribution is -0.114. The van der Waals surface area contributed by atoms with Crippen molar-refractivity contribution in [2.75, 3.05) is 11.1 Å². The standard InChI is InChI=1S/C17H16N6O3S2/c1-3-27-17-23-22-16(28-17)21-20-12-7-10(15(18)26)14(25)9-5-4-6-11(13(9)12)19-8(2)24/h4-7,25H,3H2,1-2H3,(H2,18,26)(H,19,24)/b21-20+. The van der Waals surface area contributed by atoms with Gasteiger partial charge in [0.2, 0.25) is 5.91 Å². The third-order valence-corrected chi connectivity index (χ3v) is 5.42. The van der Waals surface area contributed by atoms with E-state index in [2.05, 4.69) is 25.7 Å². The van der Waals surface area contributed by atoms with Crippen molar-refractivity contribution in [3.8, 4) is 5.75 Å². The lowest BCUT2D eigenvalue weighted by Crippen LogP contribution is -2.11.